The van der Waals surface area contributed by atoms with Crippen LogP contribution in [0.15, 0.2) is 144 Å². The average Bonchev–Trinajstić information content (AvgIpc) is 3.75. The first-order chi connectivity index (χ1) is 21.8. The molecule has 3 heterocycles. The fourth-order valence-electron chi connectivity index (χ4n) is 6.79. The molecule has 2 nitrogen and oxygen atoms in total. The number of hydrogen-bond donors (Lipinski definition) is 0. The van der Waals surface area contributed by atoms with Crippen molar-refractivity contribution >= 4 is 113 Å². The Morgan fingerprint density at radius 2 is 0.955 bits per heavy atom. The van der Waals surface area contributed by atoms with Gasteiger partial charge in [-0.1, -0.05) is 66.7 Å². The van der Waals surface area contributed by atoms with E-state index in [9.17, 15) is 0 Å². The lowest BCUT2D eigenvalue weighted by atomic mass is 10.0. The number of nitrogens with zero attached hydrogens (tertiary/aromatic N) is 1. The van der Waals surface area contributed by atoms with E-state index >= 15 is 0 Å². The number of para-hydroxylation sites is 1. The van der Waals surface area contributed by atoms with Gasteiger partial charge in [0.15, 0.2) is 0 Å². The predicted octanol–water partition coefficient (Wildman–Crippen LogP) is 12.9. The van der Waals surface area contributed by atoms with Gasteiger partial charge in [-0.05, 0) is 78.2 Å². The molecular formula is C40H23NOS2. The summed E-state index contributed by atoms with van der Waals surface area (Å²) in [6.07, 6.45) is 0. The van der Waals surface area contributed by atoms with E-state index in [0.717, 1.165) is 49.8 Å². The number of hydrogen-bond acceptors (Lipinski definition) is 4. The Morgan fingerprint density at radius 1 is 0.386 bits per heavy atom. The van der Waals surface area contributed by atoms with E-state index < -0.39 is 0 Å². The summed E-state index contributed by atoms with van der Waals surface area (Å²) in [5.41, 5.74) is 5.28. The molecule has 0 N–H and O–H groups in total. The predicted molar refractivity (Wildman–Crippen MR) is 192 cm³/mol. The Bertz CT molecular complexity index is 2750. The maximum absolute atomic E-state index is 6.38. The number of anilines is 3. The van der Waals surface area contributed by atoms with Crippen molar-refractivity contribution in [3.63, 3.8) is 0 Å². The summed E-state index contributed by atoms with van der Waals surface area (Å²) in [6.45, 7) is 0. The third-order valence-electron chi connectivity index (χ3n) is 8.84. The molecule has 0 radical (unpaired) electrons. The second-order valence-electron chi connectivity index (χ2n) is 11.3. The van der Waals surface area contributed by atoms with Crippen molar-refractivity contribution in [3.8, 4) is 0 Å². The van der Waals surface area contributed by atoms with E-state index in [2.05, 4.69) is 132 Å². The molecule has 3 aromatic heterocycles. The van der Waals surface area contributed by atoms with Crippen LogP contribution in [-0.4, -0.2) is 0 Å². The molecule has 7 aromatic carbocycles. The van der Waals surface area contributed by atoms with Crippen LogP contribution < -0.4 is 4.90 Å². The molecular weight excluding hydrogens is 575 g/mol. The second-order valence-corrected chi connectivity index (χ2v) is 13.5. The maximum Gasteiger partial charge on any atom is 0.143 e. The third-order valence-corrected chi connectivity index (χ3v) is 11.1. The van der Waals surface area contributed by atoms with Crippen molar-refractivity contribution in [2.45, 2.75) is 0 Å². The largest absolute Gasteiger partial charge is 0.455 e. The van der Waals surface area contributed by atoms with Crippen LogP contribution in [0.4, 0.5) is 17.1 Å². The topological polar surface area (TPSA) is 16.4 Å². The quantitative estimate of drug-likeness (QED) is 0.201. The van der Waals surface area contributed by atoms with Gasteiger partial charge >= 0.3 is 0 Å². The first kappa shape index (κ1) is 24.3. The van der Waals surface area contributed by atoms with Crippen LogP contribution in [0.25, 0.3) is 73.1 Å². The highest BCUT2D eigenvalue weighted by atomic mass is 32.1. The summed E-state index contributed by atoms with van der Waals surface area (Å²) in [4.78, 5) is 2.40. The van der Waals surface area contributed by atoms with Crippen molar-refractivity contribution in [2.75, 3.05) is 4.90 Å². The molecule has 0 saturated heterocycles. The van der Waals surface area contributed by atoms with Crippen molar-refractivity contribution in [3.05, 3.63) is 140 Å². The third kappa shape index (κ3) is 3.53. The molecule has 0 unspecified atom stereocenters. The Hall–Kier alpha value is -5.16. The smallest absolute Gasteiger partial charge is 0.143 e. The lowest BCUT2D eigenvalue weighted by Crippen LogP contribution is -2.09. The van der Waals surface area contributed by atoms with Gasteiger partial charge in [0, 0.05) is 73.6 Å². The summed E-state index contributed by atoms with van der Waals surface area (Å²) in [5, 5.41) is 9.81. The summed E-state index contributed by atoms with van der Waals surface area (Å²) < 4.78 is 11.6. The van der Waals surface area contributed by atoms with Crippen LogP contribution in [0.2, 0.25) is 0 Å². The lowest BCUT2D eigenvalue weighted by Gasteiger charge is -2.26. The van der Waals surface area contributed by atoms with Gasteiger partial charge in [0.2, 0.25) is 0 Å². The molecule has 0 aliphatic rings. The van der Waals surface area contributed by atoms with Crippen LogP contribution in [0.5, 0.6) is 0 Å². The zero-order valence-electron chi connectivity index (χ0n) is 23.5. The van der Waals surface area contributed by atoms with E-state index in [1.54, 1.807) is 0 Å². The number of rotatable bonds is 3. The molecule has 206 valence electrons. The molecule has 0 atom stereocenters. The number of benzene rings is 7. The Morgan fingerprint density at radius 3 is 1.80 bits per heavy atom. The van der Waals surface area contributed by atoms with Crippen molar-refractivity contribution < 1.29 is 4.42 Å². The van der Waals surface area contributed by atoms with Crippen LogP contribution in [-0.2, 0) is 0 Å². The van der Waals surface area contributed by atoms with Crippen LogP contribution in [0, 0.1) is 0 Å². The molecule has 0 bridgehead atoms. The SMILES string of the molecule is c1ccc2c(c1)oc1c3ccc(N(c4ccc5c(c4)sc4ccccc45)c4ccc5sc6ccccc6c5c4)cc3ccc21. The van der Waals surface area contributed by atoms with Gasteiger partial charge in [-0.2, -0.15) is 0 Å². The van der Waals surface area contributed by atoms with Gasteiger partial charge in [-0.25, -0.2) is 0 Å². The van der Waals surface area contributed by atoms with E-state index in [1.165, 1.54) is 40.3 Å². The molecule has 0 fully saturated rings. The van der Waals surface area contributed by atoms with E-state index in [0.29, 0.717) is 0 Å². The highest BCUT2D eigenvalue weighted by molar-refractivity contribution is 7.26. The first-order valence-corrected chi connectivity index (χ1v) is 16.4. The van der Waals surface area contributed by atoms with Gasteiger partial charge in [0.05, 0.1) is 0 Å². The fourth-order valence-corrected chi connectivity index (χ4v) is 9.02. The normalized spacial score (nSPS) is 12.1. The summed E-state index contributed by atoms with van der Waals surface area (Å²) in [5.74, 6) is 0. The first-order valence-electron chi connectivity index (χ1n) is 14.8. The molecule has 0 spiro atoms. The molecule has 10 rings (SSSR count). The highest BCUT2D eigenvalue weighted by Crippen LogP contribution is 2.44. The zero-order chi connectivity index (χ0) is 28.8. The molecule has 0 amide bonds. The highest BCUT2D eigenvalue weighted by Gasteiger charge is 2.18. The number of thiophene rings is 2. The fraction of sp³-hybridized carbons (Fsp3) is 0. The number of furan rings is 1. The molecule has 44 heavy (non-hydrogen) atoms. The maximum atomic E-state index is 6.38. The Kier molecular flexibility index (Phi) is 5.06. The van der Waals surface area contributed by atoms with Gasteiger partial charge in [0.25, 0.3) is 0 Å². The summed E-state index contributed by atoms with van der Waals surface area (Å²) in [7, 11) is 0. The summed E-state index contributed by atoms with van der Waals surface area (Å²) in [6, 6.07) is 50.7. The minimum absolute atomic E-state index is 0.925. The van der Waals surface area contributed by atoms with Crippen molar-refractivity contribution in [1.82, 2.24) is 0 Å². The Balaban J connectivity index is 1.21. The Labute approximate surface area is 260 Å². The zero-order valence-corrected chi connectivity index (χ0v) is 25.1. The van der Waals surface area contributed by atoms with Crippen LogP contribution in [0.1, 0.15) is 0 Å². The number of fused-ring (bicyclic) bond motifs is 11. The van der Waals surface area contributed by atoms with E-state index in [-0.39, 0.29) is 0 Å². The van der Waals surface area contributed by atoms with E-state index in [4.69, 9.17) is 4.42 Å². The lowest BCUT2D eigenvalue weighted by molar-refractivity contribution is 0.672. The van der Waals surface area contributed by atoms with Crippen LogP contribution >= 0.6 is 22.7 Å². The van der Waals surface area contributed by atoms with Gasteiger partial charge in [0.1, 0.15) is 11.2 Å². The van der Waals surface area contributed by atoms with Crippen LogP contribution in [0.3, 0.4) is 0 Å². The average molecular weight is 598 g/mol. The van der Waals surface area contributed by atoms with E-state index in [1.807, 2.05) is 34.8 Å². The second kappa shape index (κ2) is 9.17. The van der Waals surface area contributed by atoms with Gasteiger partial charge in [-0.15, -0.1) is 22.7 Å². The molecule has 10 aromatic rings. The molecule has 0 aliphatic heterocycles. The van der Waals surface area contributed by atoms with Crippen molar-refractivity contribution in [1.29, 1.82) is 0 Å². The molecule has 0 aliphatic carbocycles. The van der Waals surface area contributed by atoms with Gasteiger partial charge < -0.3 is 9.32 Å². The molecule has 0 saturated carbocycles. The van der Waals surface area contributed by atoms with Gasteiger partial charge in [-0.3, -0.25) is 0 Å². The monoisotopic (exact) mass is 597 g/mol. The van der Waals surface area contributed by atoms with Crippen molar-refractivity contribution in [2.24, 2.45) is 0 Å². The minimum atomic E-state index is 0.925. The summed E-state index contributed by atoms with van der Waals surface area (Å²) >= 11 is 3.71. The minimum Gasteiger partial charge on any atom is -0.455 e. The molecule has 4 heteroatoms. The standard InChI is InChI=1S/C40H23NOS2/c1-4-10-35-29(7-1)33-17-13-24-21-25(14-18-28(24)40(33)42-35)41(26-16-20-38-34(22-26)31-9-3-6-12-37(31)43-38)27-15-19-32-30-8-2-5-11-36(30)44-39(32)23-27/h1-23H.